The standard InChI is InChI=1S/C23H31N5O5S2/c1-34(30,31)27-12-10-26(11-13-27)23(29)20-14-19(18-6-3-2-4-7-18)16-28(17-20)35(32,33)22-9-5-8-21(15-24)25-22/h2-9,19-20H,10-17,24H2,1H3/t19-,20-/m0/s1. The Balaban J connectivity index is 1.59. The zero-order valence-electron chi connectivity index (χ0n) is 19.7. The summed E-state index contributed by atoms with van der Waals surface area (Å²) < 4.78 is 53.5. The van der Waals surface area contributed by atoms with E-state index in [0.717, 1.165) is 11.8 Å². The maximum absolute atomic E-state index is 13.6. The van der Waals surface area contributed by atoms with Crippen molar-refractivity contribution in [2.45, 2.75) is 23.9 Å². The highest BCUT2D eigenvalue weighted by molar-refractivity contribution is 7.89. The number of carbonyl (C=O) groups excluding carboxylic acids is 1. The van der Waals surface area contributed by atoms with Crippen LogP contribution >= 0.6 is 0 Å². The Bertz CT molecular complexity index is 1260. The summed E-state index contributed by atoms with van der Waals surface area (Å²) in [5.41, 5.74) is 7.10. The van der Waals surface area contributed by atoms with E-state index in [-0.39, 0.29) is 62.7 Å². The van der Waals surface area contributed by atoms with Crippen molar-refractivity contribution in [1.29, 1.82) is 0 Å². The summed E-state index contributed by atoms with van der Waals surface area (Å²) in [6.07, 6.45) is 1.67. The highest BCUT2D eigenvalue weighted by atomic mass is 32.2. The topological polar surface area (TPSA) is 134 Å². The molecule has 10 nitrogen and oxygen atoms in total. The molecular weight excluding hydrogens is 490 g/mol. The van der Waals surface area contributed by atoms with Gasteiger partial charge in [-0.3, -0.25) is 4.79 Å². The second kappa shape index (κ2) is 10.3. The molecule has 2 N–H and O–H groups in total. The second-order valence-electron chi connectivity index (χ2n) is 9.02. The van der Waals surface area contributed by atoms with Crippen molar-refractivity contribution < 1.29 is 21.6 Å². The molecule has 0 radical (unpaired) electrons. The summed E-state index contributed by atoms with van der Waals surface area (Å²) >= 11 is 0. The van der Waals surface area contributed by atoms with Crippen LogP contribution in [0.25, 0.3) is 0 Å². The first-order valence-electron chi connectivity index (χ1n) is 11.5. The van der Waals surface area contributed by atoms with Gasteiger partial charge in [0.1, 0.15) is 0 Å². The van der Waals surface area contributed by atoms with Crippen LogP contribution in [-0.2, 0) is 31.4 Å². The molecule has 1 amide bonds. The number of hydrogen-bond donors (Lipinski definition) is 1. The molecule has 0 spiro atoms. The molecule has 0 bridgehead atoms. The summed E-state index contributed by atoms with van der Waals surface area (Å²) in [5, 5.41) is -0.0814. The van der Waals surface area contributed by atoms with Crippen LogP contribution in [0.5, 0.6) is 0 Å². The quantitative estimate of drug-likeness (QED) is 0.583. The Morgan fingerprint density at radius 1 is 0.943 bits per heavy atom. The molecule has 12 heteroatoms. The van der Waals surface area contributed by atoms with Crippen molar-refractivity contribution in [1.82, 2.24) is 18.5 Å². The smallest absolute Gasteiger partial charge is 0.260 e. The summed E-state index contributed by atoms with van der Waals surface area (Å²) in [6, 6.07) is 14.3. The molecule has 4 rings (SSSR count). The van der Waals surface area contributed by atoms with E-state index in [1.54, 1.807) is 17.0 Å². The first kappa shape index (κ1) is 25.7. The van der Waals surface area contributed by atoms with Crippen molar-refractivity contribution in [3.63, 3.8) is 0 Å². The van der Waals surface area contributed by atoms with Crippen molar-refractivity contribution in [2.75, 3.05) is 45.5 Å². The molecule has 2 fully saturated rings. The highest BCUT2D eigenvalue weighted by Crippen LogP contribution is 2.34. The lowest BCUT2D eigenvalue weighted by Crippen LogP contribution is -2.54. The van der Waals surface area contributed by atoms with Crippen molar-refractivity contribution in [3.8, 4) is 0 Å². The molecule has 0 unspecified atom stereocenters. The van der Waals surface area contributed by atoms with Gasteiger partial charge in [0, 0.05) is 45.8 Å². The first-order valence-corrected chi connectivity index (χ1v) is 14.8. The summed E-state index contributed by atoms with van der Waals surface area (Å²) in [7, 11) is -7.27. The Hall–Kier alpha value is -2.38. The Labute approximate surface area is 206 Å². The van der Waals surface area contributed by atoms with Crippen molar-refractivity contribution in [2.24, 2.45) is 11.7 Å². The molecule has 2 aromatic rings. The van der Waals surface area contributed by atoms with Gasteiger partial charge in [-0.1, -0.05) is 36.4 Å². The minimum atomic E-state index is -3.95. The number of aromatic nitrogens is 1. The van der Waals surface area contributed by atoms with Crippen LogP contribution in [0.3, 0.4) is 0 Å². The van der Waals surface area contributed by atoms with Gasteiger partial charge < -0.3 is 10.6 Å². The molecule has 1 aromatic heterocycles. The molecule has 2 saturated heterocycles. The van der Waals surface area contributed by atoms with E-state index in [2.05, 4.69) is 4.98 Å². The molecule has 2 aliphatic rings. The molecule has 3 heterocycles. The SMILES string of the molecule is CS(=O)(=O)N1CCN(C(=O)[C@H]2C[C@H](c3ccccc3)CN(S(=O)(=O)c3cccc(CN)n3)C2)CC1. The van der Waals surface area contributed by atoms with Gasteiger partial charge in [0.2, 0.25) is 15.9 Å². The second-order valence-corrected chi connectivity index (χ2v) is 12.9. The molecule has 35 heavy (non-hydrogen) atoms. The maximum atomic E-state index is 13.6. The van der Waals surface area contributed by atoms with Crippen LogP contribution < -0.4 is 5.73 Å². The fourth-order valence-corrected chi connectivity index (χ4v) is 7.07. The molecule has 0 saturated carbocycles. The minimum absolute atomic E-state index is 0.0469. The molecule has 0 aliphatic carbocycles. The van der Waals surface area contributed by atoms with Gasteiger partial charge in [-0.15, -0.1) is 0 Å². The van der Waals surface area contributed by atoms with E-state index in [1.165, 1.54) is 14.7 Å². The zero-order chi connectivity index (χ0) is 25.2. The summed E-state index contributed by atoms with van der Waals surface area (Å²) in [4.78, 5) is 19.4. The highest BCUT2D eigenvalue weighted by Gasteiger charge is 2.40. The number of piperidine rings is 1. The fourth-order valence-electron chi connectivity index (χ4n) is 4.75. The Morgan fingerprint density at radius 2 is 1.63 bits per heavy atom. The van der Waals surface area contributed by atoms with E-state index < -0.39 is 26.0 Å². The predicted octanol–water partition coefficient (Wildman–Crippen LogP) is 0.439. The first-order chi connectivity index (χ1) is 16.6. The molecule has 190 valence electrons. The number of nitrogens with zero attached hydrogens (tertiary/aromatic N) is 4. The predicted molar refractivity (Wildman–Crippen MR) is 131 cm³/mol. The van der Waals surface area contributed by atoms with Crippen LogP contribution in [0, 0.1) is 5.92 Å². The normalized spacial score (nSPS) is 22.7. The summed E-state index contributed by atoms with van der Waals surface area (Å²) in [6.45, 7) is 1.44. The number of sulfonamides is 2. The van der Waals surface area contributed by atoms with Gasteiger partial charge in [0.05, 0.1) is 17.9 Å². The van der Waals surface area contributed by atoms with Crippen molar-refractivity contribution in [3.05, 3.63) is 59.8 Å². The van der Waals surface area contributed by atoms with Crippen LogP contribution in [0.1, 0.15) is 23.6 Å². The lowest BCUT2D eigenvalue weighted by atomic mass is 9.85. The number of amides is 1. The molecule has 1 aromatic carbocycles. The van der Waals surface area contributed by atoms with E-state index in [9.17, 15) is 21.6 Å². The van der Waals surface area contributed by atoms with Crippen LogP contribution in [0.2, 0.25) is 0 Å². The lowest BCUT2D eigenvalue weighted by Gasteiger charge is -2.40. The fraction of sp³-hybridized carbons (Fsp3) is 0.478. The maximum Gasteiger partial charge on any atom is 0.260 e. The van der Waals surface area contributed by atoms with E-state index in [0.29, 0.717) is 12.1 Å². The molecule has 2 aliphatic heterocycles. The molecular formula is C23H31N5O5S2. The van der Waals surface area contributed by atoms with Gasteiger partial charge in [0.25, 0.3) is 10.0 Å². The van der Waals surface area contributed by atoms with Gasteiger partial charge in [-0.05, 0) is 30.0 Å². The Kier molecular flexibility index (Phi) is 7.57. The number of rotatable bonds is 6. The molecule has 2 atom stereocenters. The number of hydrogen-bond acceptors (Lipinski definition) is 7. The van der Waals surface area contributed by atoms with Crippen LogP contribution in [0.4, 0.5) is 0 Å². The number of nitrogens with two attached hydrogens (primary N) is 1. The lowest BCUT2D eigenvalue weighted by molar-refractivity contribution is -0.138. The number of pyridine rings is 1. The van der Waals surface area contributed by atoms with E-state index >= 15 is 0 Å². The number of benzene rings is 1. The van der Waals surface area contributed by atoms with Gasteiger partial charge in [-0.2, -0.15) is 8.61 Å². The van der Waals surface area contributed by atoms with E-state index in [1.807, 2.05) is 30.3 Å². The zero-order valence-corrected chi connectivity index (χ0v) is 21.3. The monoisotopic (exact) mass is 521 g/mol. The average molecular weight is 522 g/mol. The van der Waals surface area contributed by atoms with Crippen LogP contribution in [-0.4, -0.2) is 86.8 Å². The van der Waals surface area contributed by atoms with Gasteiger partial charge in [-0.25, -0.2) is 21.8 Å². The third-order valence-electron chi connectivity index (χ3n) is 6.65. The van der Waals surface area contributed by atoms with Gasteiger partial charge in [0.15, 0.2) is 5.03 Å². The van der Waals surface area contributed by atoms with Crippen LogP contribution in [0.15, 0.2) is 53.6 Å². The largest absolute Gasteiger partial charge is 0.340 e. The van der Waals surface area contributed by atoms with Crippen molar-refractivity contribution >= 4 is 26.0 Å². The average Bonchev–Trinajstić information content (AvgIpc) is 2.88. The Morgan fingerprint density at radius 3 is 2.26 bits per heavy atom. The minimum Gasteiger partial charge on any atom is -0.340 e. The third-order valence-corrected chi connectivity index (χ3v) is 9.69. The third kappa shape index (κ3) is 5.72. The number of piperazine rings is 1. The summed E-state index contributed by atoms with van der Waals surface area (Å²) in [5.74, 6) is -0.863. The number of carbonyl (C=O) groups is 1. The van der Waals surface area contributed by atoms with Gasteiger partial charge >= 0.3 is 0 Å². The van der Waals surface area contributed by atoms with E-state index in [4.69, 9.17) is 5.73 Å².